The van der Waals surface area contributed by atoms with Gasteiger partial charge in [0.05, 0.1) is 38.6 Å². The molecule has 32 nitrogen and oxygen atoms in total. The molecule has 0 aliphatic carbocycles. The number of benzene rings is 8. The molecule has 8 aromatic carbocycles. The van der Waals surface area contributed by atoms with E-state index in [2.05, 4.69) is 40.9 Å². The van der Waals surface area contributed by atoms with Gasteiger partial charge in [0.25, 0.3) is 25.9 Å². The van der Waals surface area contributed by atoms with E-state index in [9.17, 15) is 61.3 Å². The number of non-ortho nitro benzene ring substituents is 1. The SMILES string of the molecule is Nc1c(N=Nc2ccc3cc(S(=O)(=O)O)c(N=Nc4ccc([N+](=O)[O-])cc4)c(O)c3c2)c(S(=O)(=O)O)cc2ccc(N=Nc3ccc4c(O)c(N=Nc5ccccc5C(=O)O)ccc4c3)c(O)c12.O=S(=O)=O.O=S(=O)=O.O=S(=O)=O. The number of nitrogens with zero attached hydrogens (tertiary/aromatic N) is 9. The van der Waals surface area contributed by atoms with Crippen LogP contribution in [-0.2, 0) is 52.1 Å². The van der Waals surface area contributed by atoms with Crippen molar-refractivity contribution in [3.05, 3.63) is 137 Å². The Morgan fingerprint density at radius 2 is 0.925 bits per heavy atom. The lowest BCUT2D eigenvalue weighted by molar-refractivity contribution is -0.384. The zero-order valence-corrected chi connectivity index (χ0v) is 43.0. The summed E-state index contributed by atoms with van der Waals surface area (Å²) in [5, 5.41) is 86.6. The maximum Gasteiger partial charge on any atom is 0.425 e. The van der Waals surface area contributed by atoms with Gasteiger partial charge in [0.2, 0.25) is 0 Å². The first kappa shape index (κ1) is 60.6. The Balaban J connectivity index is 0.000000892. The number of rotatable bonds is 12. The predicted octanol–water partition coefficient (Wildman–Crippen LogP) is 8.59. The fraction of sp³-hybridized carbons (Fsp3) is 0. The zero-order valence-electron chi connectivity index (χ0n) is 38.9. The first-order valence-electron chi connectivity index (χ1n) is 20.6. The highest BCUT2D eigenvalue weighted by Crippen LogP contribution is 2.47. The summed E-state index contributed by atoms with van der Waals surface area (Å²) in [6.45, 7) is 0. The maximum atomic E-state index is 12.6. The van der Waals surface area contributed by atoms with Crippen molar-refractivity contribution in [1.82, 2.24) is 0 Å². The summed E-state index contributed by atoms with van der Waals surface area (Å²) in [7, 11) is -19.4. The van der Waals surface area contributed by atoms with Gasteiger partial charge >= 0.3 is 37.8 Å². The molecule has 0 aromatic heterocycles. The molecule has 0 saturated carbocycles. The van der Waals surface area contributed by atoms with Gasteiger partial charge in [-0.15, -0.1) is 63.5 Å². The van der Waals surface area contributed by atoms with Gasteiger partial charge < -0.3 is 26.2 Å². The Kier molecular flexibility index (Phi) is 19.4. The molecule has 0 aliphatic rings. The summed E-state index contributed by atoms with van der Waals surface area (Å²) in [4.78, 5) is 20.3. The number of phenols is 3. The van der Waals surface area contributed by atoms with Gasteiger partial charge in [0.15, 0.2) is 17.2 Å². The van der Waals surface area contributed by atoms with Crippen LogP contribution in [0.2, 0.25) is 0 Å². The molecule has 0 unspecified atom stereocenters. The number of carboxylic acid groups (broad SMARTS) is 1. The third-order valence-corrected chi connectivity index (χ3v) is 11.8. The highest BCUT2D eigenvalue weighted by Gasteiger charge is 2.25. The van der Waals surface area contributed by atoms with E-state index >= 15 is 0 Å². The van der Waals surface area contributed by atoms with Crippen LogP contribution in [0.4, 0.5) is 56.9 Å². The minimum Gasteiger partial charge on any atom is -0.505 e. The standard InChI is InChI=1S/C43H28N10O13S2.3O3S/c44-37-36-23(7-16-33(42(36)56)49-46-25-11-14-28-21(17-25)6-15-32(40(28)54)50-48-31-4-2-1-3-29(31)43(57)58)19-34(67(61,62)63)38(37)51-47-26-8-5-22-18-35(68(64,65)66)39(41(55)30(22)20-26)52-45-24-9-12-27(13-10-24)53(59)60;3*1-4(2)3/h1-20,54-56H,44H2,(H,57,58)(H,61,62,63)(H,64,65,66);;;. The normalized spacial score (nSPS) is 11.5. The molecule has 8 aromatic rings. The van der Waals surface area contributed by atoms with E-state index in [0.29, 0.717) is 10.8 Å². The molecule has 0 saturated heterocycles. The highest BCUT2D eigenvalue weighted by molar-refractivity contribution is 7.86. The molecule has 412 valence electrons. The van der Waals surface area contributed by atoms with E-state index in [1.807, 2.05) is 0 Å². The monoisotopic (exact) mass is 1200 g/mol. The van der Waals surface area contributed by atoms with Gasteiger partial charge in [-0.05, 0) is 95.0 Å². The molecule has 80 heavy (non-hydrogen) atoms. The number of aromatic carboxylic acids is 1. The van der Waals surface area contributed by atoms with Gasteiger partial charge in [0.1, 0.15) is 38.2 Å². The van der Waals surface area contributed by atoms with Crippen LogP contribution < -0.4 is 5.73 Å². The smallest absolute Gasteiger partial charge is 0.425 e. The Hall–Kier alpha value is -10.3. The second-order valence-electron chi connectivity index (χ2n) is 14.9. The van der Waals surface area contributed by atoms with Crippen molar-refractivity contribution in [2.24, 2.45) is 40.9 Å². The van der Waals surface area contributed by atoms with Crippen molar-refractivity contribution in [2.45, 2.75) is 9.79 Å². The van der Waals surface area contributed by atoms with Crippen molar-refractivity contribution in [2.75, 3.05) is 5.73 Å². The Labute approximate surface area is 449 Å². The van der Waals surface area contributed by atoms with Gasteiger partial charge in [0, 0.05) is 22.9 Å². The molecular weight excluding hydrogens is 1170 g/mol. The average Bonchev–Trinajstić information content (AvgIpc) is 3.37. The van der Waals surface area contributed by atoms with Crippen LogP contribution in [0.15, 0.2) is 172 Å². The summed E-state index contributed by atoms with van der Waals surface area (Å²) in [6, 6.07) is 26.6. The number of hydrogen-bond donors (Lipinski definition) is 7. The van der Waals surface area contributed by atoms with E-state index < -0.39 is 101 Å². The van der Waals surface area contributed by atoms with E-state index in [-0.39, 0.29) is 72.7 Å². The van der Waals surface area contributed by atoms with Crippen LogP contribution in [0.1, 0.15) is 10.4 Å². The lowest BCUT2D eigenvalue weighted by Gasteiger charge is -2.12. The molecular formula is C43H28N10O22S5. The van der Waals surface area contributed by atoms with Crippen molar-refractivity contribution >= 4 is 147 Å². The lowest BCUT2D eigenvalue weighted by atomic mass is 10.1. The minimum atomic E-state index is -5.05. The molecule has 0 aliphatic heterocycles. The van der Waals surface area contributed by atoms with Crippen LogP contribution in [0.3, 0.4) is 0 Å². The van der Waals surface area contributed by atoms with Crippen LogP contribution >= 0.6 is 0 Å². The number of nitro groups is 1. The Morgan fingerprint density at radius 3 is 1.51 bits per heavy atom. The van der Waals surface area contributed by atoms with Gasteiger partial charge in [-0.3, -0.25) is 19.2 Å². The number of azo groups is 4. The quantitative estimate of drug-likeness (QED) is 0.0198. The first-order valence-corrected chi connectivity index (χ1v) is 26.5. The summed E-state index contributed by atoms with van der Waals surface area (Å²) < 4.78 is 146. The average molecular weight is 1200 g/mol. The number of aromatic hydroxyl groups is 3. The zero-order chi connectivity index (χ0) is 59.4. The minimum absolute atomic E-state index is 0.0243. The van der Waals surface area contributed by atoms with Crippen molar-refractivity contribution < 1.29 is 94.0 Å². The summed E-state index contributed by atoms with van der Waals surface area (Å²) in [5.74, 6) is -2.81. The number of anilines is 1. The van der Waals surface area contributed by atoms with Crippen LogP contribution in [-0.4, -0.2) is 95.1 Å². The molecule has 0 bridgehead atoms. The number of nitro benzene ring substituents is 1. The number of phenolic OH excluding ortho intramolecular Hbond substituents is 3. The second kappa shape index (κ2) is 25.7. The molecule has 8 rings (SSSR count). The van der Waals surface area contributed by atoms with Crippen molar-refractivity contribution in [3.8, 4) is 17.2 Å². The van der Waals surface area contributed by atoms with Crippen LogP contribution in [0.5, 0.6) is 17.2 Å². The third kappa shape index (κ3) is 15.7. The van der Waals surface area contributed by atoms with E-state index in [4.69, 9.17) is 43.6 Å². The van der Waals surface area contributed by atoms with Crippen LogP contribution in [0, 0.1) is 10.1 Å². The third-order valence-electron chi connectivity index (χ3n) is 10.0. The maximum absolute atomic E-state index is 12.6. The van der Waals surface area contributed by atoms with Gasteiger partial charge in [-0.25, -0.2) is 4.79 Å². The first-order chi connectivity index (χ1) is 37.5. The fourth-order valence-electron chi connectivity index (χ4n) is 6.77. The van der Waals surface area contributed by atoms with E-state index in [1.54, 1.807) is 24.3 Å². The number of fused-ring (bicyclic) bond motifs is 3. The van der Waals surface area contributed by atoms with Crippen LogP contribution in [0.25, 0.3) is 32.3 Å². The summed E-state index contributed by atoms with van der Waals surface area (Å²) >= 11 is 0. The van der Waals surface area contributed by atoms with E-state index in [1.165, 1.54) is 72.8 Å². The molecule has 0 radical (unpaired) electrons. The summed E-state index contributed by atoms with van der Waals surface area (Å²) in [6.07, 6.45) is 0. The van der Waals surface area contributed by atoms with Gasteiger partial charge in [-0.1, -0.05) is 30.3 Å². The molecule has 37 heteroatoms. The van der Waals surface area contributed by atoms with Crippen molar-refractivity contribution in [1.29, 1.82) is 0 Å². The molecule has 8 N–H and O–H groups in total. The molecule has 0 fully saturated rings. The highest BCUT2D eigenvalue weighted by atomic mass is 32.2. The van der Waals surface area contributed by atoms with E-state index in [0.717, 1.165) is 24.3 Å². The number of nitrogen functional groups attached to an aromatic ring is 1. The molecule has 0 atom stereocenters. The van der Waals surface area contributed by atoms with Gasteiger partial charge in [-0.2, -0.15) is 32.2 Å². The predicted molar refractivity (Wildman–Crippen MR) is 273 cm³/mol. The number of hydrogen-bond acceptors (Lipinski definition) is 28. The summed E-state index contributed by atoms with van der Waals surface area (Å²) in [5.41, 5.74) is 4.49. The number of nitrogens with two attached hydrogens (primary N) is 1. The Morgan fingerprint density at radius 1 is 0.487 bits per heavy atom. The topological polar surface area (TPSA) is 528 Å². The molecule has 0 amide bonds. The molecule has 0 spiro atoms. The number of carbonyl (C=O) groups is 1. The lowest BCUT2D eigenvalue weighted by Crippen LogP contribution is -2.01. The Bertz CT molecular complexity index is 4480. The largest absolute Gasteiger partial charge is 0.505 e. The van der Waals surface area contributed by atoms with Crippen molar-refractivity contribution in [3.63, 3.8) is 0 Å². The fourth-order valence-corrected chi connectivity index (χ4v) is 8.10. The number of carboxylic acids is 1. The second-order valence-corrected chi connectivity index (χ2v) is 18.9. The molecule has 0 heterocycles.